The second-order valence-electron chi connectivity index (χ2n) is 9.24. The molecule has 2 heterocycles. The van der Waals surface area contributed by atoms with Crippen molar-refractivity contribution in [1.82, 2.24) is 15.2 Å². The van der Waals surface area contributed by atoms with Crippen molar-refractivity contribution >= 4 is 23.2 Å². The monoisotopic (exact) mass is 491 g/mol. The maximum absolute atomic E-state index is 13.7. The van der Waals surface area contributed by atoms with Crippen LogP contribution in [0.5, 0.6) is 11.5 Å². The molecule has 1 aliphatic heterocycles. The van der Waals surface area contributed by atoms with E-state index in [0.717, 1.165) is 27.4 Å². The number of ether oxygens (including phenoxy) is 2. The van der Waals surface area contributed by atoms with Crippen molar-refractivity contribution in [3.05, 3.63) is 64.3 Å². The number of piperidine rings is 1. The lowest BCUT2D eigenvalue weighted by Crippen LogP contribution is -2.45. The second-order valence-corrected chi connectivity index (χ2v) is 10.4. The Morgan fingerprint density at radius 1 is 1.14 bits per heavy atom. The van der Waals surface area contributed by atoms with Crippen LogP contribution in [0.2, 0.25) is 0 Å². The van der Waals surface area contributed by atoms with Gasteiger partial charge in [0.1, 0.15) is 17.2 Å². The summed E-state index contributed by atoms with van der Waals surface area (Å²) in [6, 6.07) is 13.2. The Morgan fingerprint density at radius 3 is 2.71 bits per heavy atom. The van der Waals surface area contributed by atoms with Crippen LogP contribution in [0, 0.1) is 25.7 Å². The summed E-state index contributed by atoms with van der Waals surface area (Å²) in [4.78, 5) is 34.2. The minimum atomic E-state index is -0.248. The Morgan fingerprint density at radius 2 is 1.97 bits per heavy atom. The molecule has 3 aromatic rings. The number of hydrogen-bond acceptors (Lipinski definition) is 6. The summed E-state index contributed by atoms with van der Waals surface area (Å²) in [5, 5.41) is 3.90. The lowest BCUT2D eigenvalue weighted by molar-refractivity contribution is 0.0690. The van der Waals surface area contributed by atoms with Gasteiger partial charge < -0.3 is 19.7 Å². The maximum Gasteiger partial charge on any atom is 0.274 e. The molecule has 2 aromatic carbocycles. The predicted octanol–water partition coefficient (Wildman–Crippen LogP) is 4.33. The Hall–Kier alpha value is -3.39. The third-order valence-corrected chi connectivity index (χ3v) is 7.92. The van der Waals surface area contributed by atoms with Crippen LogP contribution in [-0.4, -0.2) is 55.0 Å². The highest BCUT2D eigenvalue weighted by Gasteiger charge is 2.54. The number of nitrogens with one attached hydrogen (secondary N) is 1. The number of carbonyl (C=O) groups is 2. The zero-order valence-corrected chi connectivity index (χ0v) is 21.1. The quantitative estimate of drug-likeness (QED) is 0.532. The number of amides is 2. The smallest absolute Gasteiger partial charge is 0.274 e. The van der Waals surface area contributed by atoms with Gasteiger partial charge in [0.2, 0.25) is 0 Å². The fraction of sp³-hybridized carbons (Fsp3) is 0.370. The molecule has 2 fully saturated rings. The van der Waals surface area contributed by atoms with E-state index >= 15 is 0 Å². The largest absolute Gasteiger partial charge is 0.497 e. The summed E-state index contributed by atoms with van der Waals surface area (Å²) < 4.78 is 10.6. The fourth-order valence-corrected chi connectivity index (χ4v) is 5.95. The van der Waals surface area contributed by atoms with Crippen molar-refractivity contribution in [3.8, 4) is 21.9 Å². The number of likely N-dealkylation sites (tertiary alicyclic amines) is 1. The molecule has 1 N–H and O–H groups in total. The molecule has 182 valence electrons. The van der Waals surface area contributed by atoms with Crippen LogP contribution in [0.3, 0.4) is 0 Å². The minimum absolute atomic E-state index is 0.0552. The van der Waals surface area contributed by atoms with Crippen molar-refractivity contribution in [2.45, 2.75) is 26.3 Å². The third kappa shape index (κ3) is 4.50. The van der Waals surface area contributed by atoms with Gasteiger partial charge in [-0.1, -0.05) is 29.8 Å². The van der Waals surface area contributed by atoms with Crippen molar-refractivity contribution < 1.29 is 19.1 Å². The second kappa shape index (κ2) is 9.34. The summed E-state index contributed by atoms with van der Waals surface area (Å²) in [5.74, 6) is 1.66. The maximum atomic E-state index is 13.7. The number of benzene rings is 2. The fourth-order valence-electron chi connectivity index (χ4n) is 5.04. The highest BCUT2D eigenvalue weighted by atomic mass is 32.1. The van der Waals surface area contributed by atoms with Gasteiger partial charge in [-0.15, -0.1) is 11.3 Å². The van der Waals surface area contributed by atoms with Crippen LogP contribution in [0.15, 0.2) is 42.5 Å². The van der Waals surface area contributed by atoms with E-state index in [2.05, 4.69) is 16.4 Å². The van der Waals surface area contributed by atoms with E-state index in [-0.39, 0.29) is 17.9 Å². The van der Waals surface area contributed by atoms with Crippen molar-refractivity contribution in [2.24, 2.45) is 11.8 Å². The Labute approximate surface area is 209 Å². The van der Waals surface area contributed by atoms with Gasteiger partial charge >= 0.3 is 0 Å². The first-order valence-electron chi connectivity index (χ1n) is 11.7. The van der Waals surface area contributed by atoms with E-state index in [9.17, 15) is 9.59 Å². The normalized spacial score (nSPS) is 20.3. The number of carbonyl (C=O) groups excluding carboxylic acids is 2. The van der Waals surface area contributed by atoms with Crippen LogP contribution >= 0.6 is 11.3 Å². The number of aryl methyl sites for hydroxylation is 2. The van der Waals surface area contributed by atoms with Crippen LogP contribution < -0.4 is 14.8 Å². The van der Waals surface area contributed by atoms with Gasteiger partial charge in [-0.3, -0.25) is 9.59 Å². The van der Waals surface area contributed by atoms with Gasteiger partial charge in [-0.2, -0.15) is 0 Å². The van der Waals surface area contributed by atoms with Crippen molar-refractivity contribution in [1.29, 1.82) is 0 Å². The molecule has 2 aliphatic rings. The number of nitrogens with zero attached hydrogens (tertiary/aromatic N) is 2. The summed E-state index contributed by atoms with van der Waals surface area (Å²) >= 11 is 1.55. The Bertz CT molecular complexity index is 1290. The van der Waals surface area contributed by atoms with E-state index in [4.69, 9.17) is 9.47 Å². The number of rotatable bonds is 7. The average molecular weight is 492 g/mol. The zero-order valence-electron chi connectivity index (χ0n) is 20.3. The Kier molecular flexibility index (Phi) is 6.23. The minimum Gasteiger partial charge on any atom is -0.497 e. The highest BCUT2D eigenvalue weighted by molar-refractivity contribution is 7.15. The molecule has 1 saturated heterocycles. The average Bonchev–Trinajstić information content (AvgIpc) is 3.38. The molecule has 5 rings (SSSR count). The van der Waals surface area contributed by atoms with Gasteiger partial charge in [-0.25, -0.2) is 4.98 Å². The van der Waals surface area contributed by atoms with E-state index in [1.165, 1.54) is 7.11 Å². The van der Waals surface area contributed by atoms with E-state index in [0.29, 0.717) is 47.7 Å². The van der Waals surface area contributed by atoms with Gasteiger partial charge in [0, 0.05) is 13.1 Å². The molecule has 7 nitrogen and oxygen atoms in total. The summed E-state index contributed by atoms with van der Waals surface area (Å²) in [7, 11) is 3.09. The van der Waals surface area contributed by atoms with Gasteiger partial charge in [0.15, 0.2) is 0 Å². The molecule has 1 aliphatic carbocycles. The van der Waals surface area contributed by atoms with Gasteiger partial charge in [0.05, 0.1) is 35.7 Å². The van der Waals surface area contributed by atoms with Crippen LogP contribution in [-0.2, 0) is 0 Å². The highest BCUT2D eigenvalue weighted by Crippen LogP contribution is 2.50. The number of fused-ring (bicyclic) bond motifs is 1. The standard InChI is InChI=1S/C27H29N3O4S/c1-15-6-5-7-17(10-15)25-24(29-16(2)35-25)27(32)30-14-18-11-20(18)22(30)13-28-26(31)21-12-19(33-3)8-9-23(21)34-4/h5-10,12,18,20,22H,11,13-14H2,1-4H3,(H,28,31)/t18-,20?,22-/m1/s1. The van der Waals surface area contributed by atoms with Gasteiger partial charge in [-0.05, 0) is 55.9 Å². The first-order chi connectivity index (χ1) is 16.9. The molecule has 1 unspecified atom stereocenters. The number of hydrogen-bond donors (Lipinski definition) is 1. The molecular weight excluding hydrogens is 462 g/mol. The number of thiazole rings is 1. The van der Waals surface area contributed by atoms with Crippen molar-refractivity contribution in [3.63, 3.8) is 0 Å². The topological polar surface area (TPSA) is 80.8 Å². The van der Waals surface area contributed by atoms with E-state index < -0.39 is 0 Å². The first-order valence-corrected chi connectivity index (χ1v) is 12.6. The molecule has 0 radical (unpaired) electrons. The first kappa shape index (κ1) is 23.4. The number of aromatic nitrogens is 1. The number of methoxy groups -OCH3 is 2. The molecule has 2 amide bonds. The molecule has 35 heavy (non-hydrogen) atoms. The lowest BCUT2D eigenvalue weighted by atomic mass is 10.1. The summed E-state index contributed by atoms with van der Waals surface area (Å²) in [5.41, 5.74) is 3.07. The molecular formula is C27H29N3O4S. The molecule has 3 atom stereocenters. The predicted molar refractivity (Wildman–Crippen MR) is 135 cm³/mol. The molecule has 8 heteroatoms. The van der Waals surface area contributed by atoms with E-state index in [1.54, 1.807) is 36.6 Å². The third-order valence-electron chi connectivity index (χ3n) is 6.90. The Balaban J connectivity index is 1.35. The van der Waals surface area contributed by atoms with Crippen LogP contribution in [0.1, 0.15) is 37.8 Å². The summed E-state index contributed by atoms with van der Waals surface area (Å²) in [6.45, 7) is 5.07. The summed E-state index contributed by atoms with van der Waals surface area (Å²) in [6.07, 6.45) is 1.09. The van der Waals surface area contributed by atoms with E-state index in [1.807, 2.05) is 36.9 Å². The lowest BCUT2D eigenvalue weighted by Gasteiger charge is -2.27. The molecule has 1 saturated carbocycles. The van der Waals surface area contributed by atoms with Crippen molar-refractivity contribution in [2.75, 3.05) is 27.3 Å². The zero-order chi connectivity index (χ0) is 24.7. The van der Waals surface area contributed by atoms with Crippen LogP contribution in [0.4, 0.5) is 0 Å². The van der Waals surface area contributed by atoms with Crippen LogP contribution in [0.25, 0.3) is 10.4 Å². The molecule has 1 aromatic heterocycles. The molecule has 0 spiro atoms. The molecule has 0 bridgehead atoms. The van der Waals surface area contributed by atoms with Gasteiger partial charge in [0.25, 0.3) is 11.8 Å². The SMILES string of the molecule is COc1ccc(OC)c(C(=O)NC[C@@H]2C3C[C@@H]3CN2C(=O)c2nc(C)sc2-c2cccc(C)c2)c1.